The lowest BCUT2D eigenvalue weighted by molar-refractivity contribution is -0.139. The summed E-state index contributed by atoms with van der Waals surface area (Å²) in [5, 5.41) is 11.4. The maximum absolute atomic E-state index is 11.4. The van der Waals surface area contributed by atoms with Gasteiger partial charge in [-0.25, -0.2) is 0 Å². The Hall–Kier alpha value is -1.06. The SMILES string of the molecule is NCC1(C2(O)CC3CCC2C3)COc2ccccc2C1. The Morgan fingerprint density at radius 3 is 2.85 bits per heavy atom. The number of nitrogens with two attached hydrogens (primary N) is 1. The molecule has 1 aliphatic heterocycles. The Balaban J connectivity index is 1.72. The van der Waals surface area contributed by atoms with Gasteiger partial charge in [-0.2, -0.15) is 0 Å². The predicted octanol–water partition coefficient (Wildman–Crippen LogP) is 2.12. The van der Waals surface area contributed by atoms with Crippen LogP contribution in [0.5, 0.6) is 5.75 Å². The maximum atomic E-state index is 11.4. The van der Waals surface area contributed by atoms with Crippen molar-refractivity contribution in [1.29, 1.82) is 0 Å². The zero-order valence-electron chi connectivity index (χ0n) is 11.8. The summed E-state index contributed by atoms with van der Waals surface area (Å²) in [5.74, 6) is 2.08. The van der Waals surface area contributed by atoms with Crippen LogP contribution in [0, 0.1) is 17.3 Å². The maximum Gasteiger partial charge on any atom is 0.122 e. The fourth-order valence-electron chi connectivity index (χ4n) is 4.96. The van der Waals surface area contributed by atoms with Crippen LogP contribution < -0.4 is 10.5 Å². The zero-order valence-corrected chi connectivity index (χ0v) is 11.8. The third-order valence-electron chi connectivity index (χ3n) is 6.13. The fraction of sp³-hybridized carbons (Fsp3) is 0.647. The molecule has 0 saturated heterocycles. The van der Waals surface area contributed by atoms with Crippen molar-refractivity contribution in [3.63, 3.8) is 0 Å². The summed E-state index contributed by atoms with van der Waals surface area (Å²) in [6.45, 7) is 1.06. The van der Waals surface area contributed by atoms with E-state index in [1.165, 1.54) is 18.4 Å². The summed E-state index contributed by atoms with van der Waals surface area (Å²) >= 11 is 0. The number of para-hydroxylation sites is 1. The van der Waals surface area contributed by atoms with Gasteiger partial charge in [0, 0.05) is 12.0 Å². The lowest BCUT2D eigenvalue weighted by Gasteiger charge is -2.51. The van der Waals surface area contributed by atoms with Crippen LogP contribution in [0.25, 0.3) is 0 Å². The van der Waals surface area contributed by atoms with E-state index in [0.717, 1.165) is 25.0 Å². The summed E-state index contributed by atoms with van der Waals surface area (Å²) < 4.78 is 5.98. The predicted molar refractivity (Wildman–Crippen MR) is 77.5 cm³/mol. The van der Waals surface area contributed by atoms with Gasteiger partial charge in [0.2, 0.25) is 0 Å². The molecule has 2 fully saturated rings. The van der Waals surface area contributed by atoms with E-state index in [0.29, 0.717) is 25.0 Å². The Kier molecular flexibility index (Phi) is 2.67. The summed E-state index contributed by atoms with van der Waals surface area (Å²) in [6.07, 6.45) is 5.38. The fourth-order valence-corrected chi connectivity index (χ4v) is 4.96. The summed E-state index contributed by atoms with van der Waals surface area (Å²) in [5.41, 5.74) is 6.42. The number of ether oxygens (including phenoxy) is 1. The van der Waals surface area contributed by atoms with Crippen LogP contribution in [-0.2, 0) is 6.42 Å². The molecule has 3 N–H and O–H groups in total. The number of fused-ring (bicyclic) bond motifs is 3. The average molecular weight is 273 g/mol. The second-order valence-electron chi connectivity index (χ2n) is 7.06. The van der Waals surface area contributed by atoms with E-state index in [9.17, 15) is 5.11 Å². The second kappa shape index (κ2) is 4.22. The van der Waals surface area contributed by atoms with Gasteiger partial charge in [-0.15, -0.1) is 0 Å². The number of rotatable bonds is 2. The molecule has 2 aliphatic carbocycles. The van der Waals surface area contributed by atoms with Gasteiger partial charge in [-0.05, 0) is 55.6 Å². The van der Waals surface area contributed by atoms with E-state index in [2.05, 4.69) is 6.07 Å². The second-order valence-corrected chi connectivity index (χ2v) is 7.06. The molecule has 0 aromatic heterocycles. The summed E-state index contributed by atoms with van der Waals surface area (Å²) in [4.78, 5) is 0. The van der Waals surface area contributed by atoms with Crippen LogP contribution in [0.4, 0.5) is 0 Å². The van der Waals surface area contributed by atoms with Gasteiger partial charge in [0.25, 0.3) is 0 Å². The largest absolute Gasteiger partial charge is 0.493 e. The van der Waals surface area contributed by atoms with Crippen molar-refractivity contribution >= 4 is 0 Å². The van der Waals surface area contributed by atoms with Gasteiger partial charge >= 0.3 is 0 Å². The molecule has 1 heterocycles. The van der Waals surface area contributed by atoms with E-state index in [4.69, 9.17) is 10.5 Å². The molecule has 4 rings (SSSR count). The Morgan fingerprint density at radius 1 is 1.30 bits per heavy atom. The number of aliphatic hydroxyl groups is 1. The van der Waals surface area contributed by atoms with Crippen molar-refractivity contribution < 1.29 is 9.84 Å². The van der Waals surface area contributed by atoms with Gasteiger partial charge in [0.15, 0.2) is 0 Å². The monoisotopic (exact) mass is 273 g/mol. The average Bonchev–Trinajstić information content (AvgIpc) is 3.07. The van der Waals surface area contributed by atoms with Gasteiger partial charge in [-0.3, -0.25) is 0 Å². The first-order chi connectivity index (χ1) is 9.67. The minimum absolute atomic E-state index is 0.304. The molecule has 3 aliphatic rings. The molecule has 0 radical (unpaired) electrons. The van der Waals surface area contributed by atoms with Crippen molar-refractivity contribution in [1.82, 2.24) is 0 Å². The van der Waals surface area contributed by atoms with E-state index in [-0.39, 0.29) is 5.41 Å². The quantitative estimate of drug-likeness (QED) is 0.868. The number of hydrogen-bond donors (Lipinski definition) is 2. The molecule has 108 valence electrons. The van der Waals surface area contributed by atoms with Crippen LogP contribution >= 0.6 is 0 Å². The molecule has 2 saturated carbocycles. The van der Waals surface area contributed by atoms with Crippen molar-refractivity contribution in [2.45, 2.75) is 37.7 Å². The van der Waals surface area contributed by atoms with Crippen LogP contribution in [0.15, 0.2) is 24.3 Å². The van der Waals surface area contributed by atoms with Gasteiger partial charge < -0.3 is 15.6 Å². The van der Waals surface area contributed by atoms with Crippen LogP contribution in [0.3, 0.4) is 0 Å². The van der Waals surface area contributed by atoms with E-state index in [1.807, 2.05) is 18.2 Å². The molecular weight excluding hydrogens is 250 g/mol. The standard InChI is InChI=1S/C17H23NO2/c18-10-16(17(19)8-12-5-6-14(17)7-12)9-13-3-1-2-4-15(13)20-11-16/h1-4,12,14,19H,5-11,18H2. The molecular formula is C17H23NO2. The Morgan fingerprint density at radius 2 is 2.15 bits per heavy atom. The van der Waals surface area contributed by atoms with E-state index in [1.54, 1.807) is 0 Å². The molecule has 4 atom stereocenters. The highest BCUT2D eigenvalue weighted by atomic mass is 16.5. The van der Waals surface area contributed by atoms with Crippen LogP contribution in [-0.4, -0.2) is 23.9 Å². The normalized spacial score (nSPS) is 42.3. The lowest BCUT2D eigenvalue weighted by Crippen LogP contribution is -2.60. The van der Waals surface area contributed by atoms with Gasteiger partial charge in [0.05, 0.1) is 12.2 Å². The third kappa shape index (κ3) is 1.54. The number of hydrogen-bond acceptors (Lipinski definition) is 3. The molecule has 3 nitrogen and oxygen atoms in total. The van der Waals surface area contributed by atoms with Crippen LogP contribution in [0.2, 0.25) is 0 Å². The van der Waals surface area contributed by atoms with Crippen molar-refractivity contribution in [2.75, 3.05) is 13.2 Å². The molecule has 4 unspecified atom stereocenters. The molecule has 20 heavy (non-hydrogen) atoms. The Labute approximate surface area is 120 Å². The van der Waals surface area contributed by atoms with Crippen LogP contribution in [0.1, 0.15) is 31.2 Å². The van der Waals surface area contributed by atoms with E-state index >= 15 is 0 Å². The smallest absolute Gasteiger partial charge is 0.122 e. The first-order valence-corrected chi connectivity index (χ1v) is 7.80. The van der Waals surface area contributed by atoms with Gasteiger partial charge in [0.1, 0.15) is 5.75 Å². The molecule has 1 aromatic rings. The molecule has 3 heteroatoms. The first-order valence-electron chi connectivity index (χ1n) is 7.80. The van der Waals surface area contributed by atoms with Gasteiger partial charge in [-0.1, -0.05) is 18.2 Å². The molecule has 0 amide bonds. The zero-order chi connectivity index (χ0) is 13.8. The van der Waals surface area contributed by atoms with Crippen molar-refractivity contribution in [3.8, 4) is 5.75 Å². The highest BCUT2D eigenvalue weighted by Gasteiger charge is 2.61. The first kappa shape index (κ1) is 12.7. The third-order valence-corrected chi connectivity index (χ3v) is 6.13. The lowest BCUT2D eigenvalue weighted by atomic mass is 9.61. The topological polar surface area (TPSA) is 55.5 Å². The highest BCUT2D eigenvalue weighted by Crippen LogP contribution is 2.59. The van der Waals surface area contributed by atoms with Crippen molar-refractivity contribution in [2.24, 2.45) is 23.0 Å². The molecule has 0 spiro atoms. The van der Waals surface area contributed by atoms with E-state index < -0.39 is 5.60 Å². The highest BCUT2D eigenvalue weighted by molar-refractivity contribution is 5.37. The minimum atomic E-state index is -0.627. The number of benzene rings is 1. The molecule has 1 aromatic carbocycles. The minimum Gasteiger partial charge on any atom is -0.493 e. The Bertz CT molecular complexity index is 531. The summed E-state index contributed by atoms with van der Waals surface area (Å²) in [7, 11) is 0. The summed E-state index contributed by atoms with van der Waals surface area (Å²) in [6, 6.07) is 8.16. The van der Waals surface area contributed by atoms with Crippen molar-refractivity contribution in [3.05, 3.63) is 29.8 Å². The molecule has 2 bridgehead atoms.